The Morgan fingerprint density at radius 1 is 1.33 bits per heavy atom. The molecule has 0 spiro atoms. The second-order valence-corrected chi connectivity index (χ2v) is 5.75. The molecule has 21 heavy (non-hydrogen) atoms. The third kappa shape index (κ3) is 2.96. The number of nitrogens with zero attached hydrogens (tertiary/aromatic N) is 5. The molecule has 1 N–H and O–H groups in total. The molecule has 3 rings (SSSR count). The lowest BCUT2D eigenvalue weighted by Crippen LogP contribution is -2.42. The number of hydrogen-bond donors (Lipinski definition) is 1. The van der Waals surface area contributed by atoms with Crippen LogP contribution in [-0.2, 0) is 4.79 Å². The summed E-state index contributed by atoms with van der Waals surface area (Å²) in [5.41, 5.74) is 0.741. The molecule has 1 aliphatic rings. The standard InChI is InChI=1S/C14H20N6O/c1-10(2)16-14(21)11-5-7-19(8-6-11)13-4-3-12-17-15-9-20(12)18-13/h3-4,9-11H,5-8H2,1-2H3,(H,16,21). The third-order valence-electron chi connectivity index (χ3n) is 3.77. The minimum Gasteiger partial charge on any atom is -0.355 e. The van der Waals surface area contributed by atoms with Gasteiger partial charge in [0.2, 0.25) is 5.91 Å². The molecule has 2 aromatic rings. The van der Waals surface area contributed by atoms with Crippen LogP contribution in [0.25, 0.3) is 5.65 Å². The van der Waals surface area contributed by atoms with Gasteiger partial charge in [0.1, 0.15) is 12.1 Å². The van der Waals surface area contributed by atoms with Gasteiger partial charge < -0.3 is 10.2 Å². The molecular formula is C14H20N6O. The molecule has 0 radical (unpaired) electrons. The number of aromatic nitrogens is 4. The van der Waals surface area contributed by atoms with Gasteiger partial charge in [-0.25, -0.2) is 0 Å². The van der Waals surface area contributed by atoms with Crippen LogP contribution in [0, 0.1) is 5.92 Å². The second kappa shape index (κ2) is 5.67. The Labute approximate surface area is 123 Å². The Kier molecular flexibility index (Phi) is 3.72. The average molecular weight is 288 g/mol. The van der Waals surface area contributed by atoms with Gasteiger partial charge in [0.25, 0.3) is 0 Å². The number of carbonyl (C=O) groups is 1. The zero-order valence-electron chi connectivity index (χ0n) is 12.4. The molecule has 0 atom stereocenters. The second-order valence-electron chi connectivity index (χ2n) is 5.75. The third-order valence-corrected chi connectivity index (χ3v) is 3.77. The smallest absolute Gasteiger partial charge is 0.223 e. The van der Waals surface area contributed by atoms with E-state index in [-0.39, 0.29) is 17.9 Å². The summed E-state index contributed by atoms with van der Waals surface area (Å²) in [6.45, 7) is 5.67. The fraction of sp³-hybridized carbons (Fsp3) is 0.571. The van der Waals surface area contributed by atoms with Crippen LogP contribution in [0.4, 0.5) is 5.82 Å². The Hall–Kier alpha value is -2.18. The molecule has 3 heterocycles. The molecule has 0 saturated carbocycles. The minimum absolute atomic E-state index is 0.113. The van der Waals surface area contributed by atoms with Crippen molar-refractivity contribution < 1.29 is 4.79 Å². The maximum atomic E-state index is 12.0. The number of nitrogens with one attached hydrogen (secondary N) is 1. The molecule has 1 amide bonds. The van der Waals surface area contributed by atoms with Crippen molar-refractivity contribution in [1.29, 1.82) is 0 Å². The summed E-state index contributed by atoms with van der Waals surface area (Å²) in [6, 6.07) is 4.07. The summed E-state index contributed by atoms with van der Waals surface area (Å²) in [7, 11) is 0. The van der Waals surface area contributed by atoms with E-state index in [1.54, 1.807) is 10.8 Å². The summed E-state index contributed by atoms with van der Waals surface area (Å²) < 4.78 is 1.67. The van der Waals surface area contributed by atoms with Crippen LogP contribution in [0.1, 0.15) is 26.7 Å². The monoisotopic (exact) mass is 288 g/mol. The van der Waals surface area contributed by atoms with Crippen molar-refractivity contribution in [2.75, 3.05) is 18.0 Å². The van der Waals surface area contributed by atoms with Crippen LogP contribution >= 0.6 is 0 Å². The topological polar surface area (TPSA) is 75.4 Å². The van der Waals surface area contributed by atoms with Crippen molar-refractivity contribution in [3.8, 4) is 0 Å². The van der Waals surface area contributed by atoms with Crippen LogP contribution in [0.3, 0.4) is 0 Å². The molecular weight excluding hydrogens is 268 g/mol. The zero-order chi connectivity index (χ0) is 14.8. The number of carbonyl (C=O) groups excluding carboxylic acids is 1. The number of hydrogen-bond acceptors (Lipinski definition) is 5. The summed E-state index contributed by atoms with van der Waals surface area (Å²) in [6.07, 6.45) is 3.32. The summed E-state index contributed by atoms with van der Waals surface area (Å²) in [5, 5.41) is 15.3. The number of rotatable bonds is 3. The van der Waals surface area contributed by atoms with Crippen LogP contribution in [0.15, 0.2) is 18.5 Å². The van der Waals surface area contributed by atoms with Crippen molar-refractivity contribution in [3.05, 3.63) is 18.5 Å². The Morgan fingerprint density at radius 3 is 2.81 bits per heavy atom. The van der Waals surface area contributed by atoms with Crippen molar-refractivity contribution in [3.63, 3.8) is 0 Å². The molecule has 7 heteroatoms. The molecule has 0 unspecified atom stereocenters. The Morgan fingerprint density at radius 2 is 2.10 bits per heavy atom. The molecule has 0 aliphatic carbocycles. The van der Waals surface area contributed by atoms with E-state index in [2.05, 4.69) is 25.5 Å². The normalized spacial score (nSPS) is 16.6. The van der Waals surface area contributed by atoms with Crippen LogP contribution in [-0.4, -0.2) is 44.8 Å². The Bertz CT molecular complexity index is 629. The number of piperidine rings is 1. The number of fused-ring (bicyclic) bond motifs is 1. The number of anilines is 1. The first-order valence-corrected chi connectivity index (χ1v) is 7.36. The number of amides is 1. The van der Waals surface area contributed by atoms with Gasteiger partial charge in [0, 0.05) is 25.0 Å². The van der Waals surface area contributed by atoms with E-state index in [4.69, 9.17) is 0 Å². The maximum absolute atomic E-state index is 12.0. The molecule has 7 nitrogen and oxygen atoms in total. The van der Waals surface area contributed by atoms with Gasteiger partial charge in [-0.2, -0.15) is 4.52 Å². The highest BCUT2D eigenvalue weighted by Crippen LogP contribution is 2.22. The van der Waals surface area contributed by atoms with E-state index >= 15 is 0 Å². The van der Waals surface area contributed by atoms with Crippen LogP contribution < -0.4 is 10.2 Å². The van der Waals surface area contributed by atoms with E-state index < -0.39 is 0 Å². The largest absolute Gasteiger partial charge is 0.355 e. The molecule has 0 aromatic carbocycles. The van der Waals surface area contributed by atoms with E-state index in [9.17, 15) is 4.79 Å². The van der Waals surface area contributed by atoms with Gasteiger partial charge in [-0.15, -0.1) is 15.3 Å². The summed E-state index contributed by atoms with van der Waals surface area (Å²) in [5.74, 6) is 1.19. The van der Waals surface area contributed by atoms with Crippen molar-refractivity contribution in [2.24, 2.45) is 5.92 Å². The lowest BCUT2D eigenvalue weighted by Gasteiger charge is -2.32. The fourth-order valence-corrected chi connectivity index (χ4v) is 2.66. The van der Waals surface area contributed by atoms with Gasteiger partial charge in [0.15, 0.2) is 5.65 Å². The maximum Gasteiger partial charge on any atom is 0.223 e. The van der Waals surface area contributed by atoms with Gasteiger partial charge in [-0.3, -0.25) is 4.79 Å². The molecule has 1 aliphatic heterocycles. The quantitative estimate of drug-likeness (QED) is 0.907. The summed E-state index contributed by atoms with van der Waals surface area (Å²) >= 11 is 0. The highest BCUT2D eigenvalue weighted by Gasteiger charge is 2.26. The molecule has 1 saturated heterocycles. The van der Waals surface area contributed by atoms with E-state index in [1.807, 2.05) is 26.0 Å². The SMILES string of the molecule is CC(C)NC(=O)C1CCN(c2ccc3nncn3n2)CC1. The lowest BCUT2D eigenvalue weighted by atomic mass is 9.95. The lowest BCUT2D eigenvalue weighted by molar-refractivity contribution is -0.126. The molecule has 0 bridgehead atoms. The van der Waals surface area contributed by atoms with E-state index in [1.165, 1.54) is 0 Å². The molecule has 112 valence electrons. The molecule has 2 aromatic heterocycles. The highest BCUT2D eigenvalue weighted by atomic mass is 16.1. The van der Waals surface area contributed by atoms with Crippen molar-refractivity contribution in [2.45, 2.75) is 32.7 Å². The van der Waals surface area contributed by atoms with Crippen molar-refractivity contribution in [1.82, 2.24) is 25.1 Å². The first kappa shape index (κ1) is 13.8. The minimum atomic E-state index is 0.113. The average Bonchev–Trinajstić information content (AvgIpc) is 2.94. The van der Waals surface area contributed by atoms with Gasteiger partial charge in [-0.05, 0) is 38.8 Å². The highest BCUT2D eigenvalue weighted by molar-refractivity contribution is 5.79. The van der Waals surface area contributed by atoms with Crippen LogP contribution in [0.2, 0.25) is 0 Å². The van der Waals surface area contributed by atoms with E-state index in [0.29, 0.717) is 0 Å². The van der Waals surface area contributed by atoms with Crippen molar-refractivity contribution >= 4 is 17.4 Å². The zero-order valence-corrected chi connectivity index (χ0v) is 12.4. The van der Waals surface area contributed by atoms with Gasteiger partial charge >= 0.3 is 0 Å². The van der Waals surface area contributed by atoms with Gasteiger partial charge in [-0.1, -0.05) is 0 Å². The predicted molar refractivity (Wildman–Crippen MR) is 79.0 cm³/mol. The van der Waals surface area contributed by atoms with Crippen LogP contribution in [0.5, 0.6) is 0 Å². The van der Waals surface area contributed by atoms with E-state index in [0.717, 1.165) is 37.4 Å². The Balaban J connectivity index is 1.63. The first-order chi connectivity index (χ1) is 10.1. The fourth-order valence-electron chi connectivity index (χ4n) is 2.66. The predicted octanol–water partition coefficient (Wildman–Crippen LogP) is 0.865. The van der Waals surface area contributed by atoms with Gasteiger partial charge in [0.05, 0.1) is 0 Å². The summed E-state index contributed by atoms with van der Waals surface area (Å²) in [4.78, 5) is 14.2. The first-order valence-electron chi connectivity index (χ1n) is 7.36. The molecule has 1 fully saturated rings.